The summed E-state index contributed by atoms with van der Waals surface area (Å²) >= 11 is 5.00. The zero-order chi connectivity index (χ0) is 13.0. The number of hydrogen-bond donors (Lipinski definition) is 0. The quantitative estimate of drug-likeness (QED) is 0.783. The molecule has 18 heavy (non-hydrogen) atoms. The molecule has 96 valence electrons. The molecule has 1 atom stereocenters. The average molecular weight is 266 g/mol. The van der Waals surface area contributed by atoms with Gasteiger partial charge >= 0.3 is 5.24 Å². The number of benzene rings is 1. The van der Waals surface area contributed by atoms with E-state index in [0.29, 0.717) is 11.5 Å². The minimum absolute atomic E-state index is 0.0117. The molecule has 1 aromatic rings. The third kappa shape index (κ3) is 3.00. The zero-order valence-electron chi connectivity index (χ0n) is 10.2. The van der Waals surface area contributed by atoms with Gasteiger partial charge in [-0.15, -0.1) is 0 Å². The van der Waals surface area contributed by atoms with Gasteiger partial charge in [0.2, 0.25) is 0 Å². The molecule has 0 unspecified atom stereocenters. The normalized spacial score (nSPS) is 17.4. The fourth-order valence-corrected chi connectivity index (χ4v) is 1.68. The van der Waals surface area contributed by atoms with Gasteiger partial charge in [-0.3, -0.25) is 0 Å². The molecule has 0 saturated carbocycles. The maximum Gasteiger partial charge on any atom is 0.363 e. The molecule has 4 nitrogen and oxygen atoms in total. The van der Waals surface area contributed by atoms with Crippen molar-refractivity contribution >= 4 is 17.5 Å². The summed E-state index contributed by atoms with van der Waals surface area (Å²) in [6.07, 6.45) is 2.75. The molecule has 0 bridgehead atoms. The van der Waals surface area contributed by atoms with Crippen LogP contribution in [0.1, 0.15) is 6.42 Å². The van der Waals surface area contributed by atoms with Crippen molar-refractivity contribution in [3.8, 4) is 11.5 Å². The van der Waals surface area contributed by atoms with Crippen LogP contribution in [0.5, 0.6) is 11.5 Å². The summed E-state index contributed by atoms with van der Waals surface area (Å²) in [4.78, 5) is 0. The first-order valence-corrected chi connectivity index (χ1v) is 5.90. The second kappa shape index (κ2) is 5.84. The number of methoxy groups -OCH3 is 2. The van der Waals surface area contributed by atoms with E-state index >= 15 is 0 Å². The Kier molecular flexibility index (Phi) is 4.17. The van der Waals surface area contributed by atoms with Crippen LogP contribution in [0.15, 0.2) is 36.1 Å². The lowest BCUT2D eigenvalue weighted by molar-refractivity contribution is 0.0735. The van der Waals surface area contributed by atoms with Crippen LogP contribution in [0.2, 0.25) is 0 Å². The van der Waals surface area contributed by atoms with Crippen molar-refractivity contribution in [2.24, 2.45) is 0 Å². The van der Waals surface area contributed by atoms with Crippen molar-refractivity contribution < 1.29 is 18.9 Å². The summed E-state index contributed by atoms with van der Waals surface area (Å²) in [6.45, 7) is 0. The van der Waals surface area contributed by atoms with Gasteiger partial charge in [-0.2, -0.15) is 0 Å². The second-order valence-corrected chi connectivity index (χ2v) is 4.03. The lowest BCUT2D eigenvalue weighted by Gasteiger charge is -2.24. The van der Waals surface area contributed by atoms with Crippen LogP contribution >= 0.6 is 12.2 Å². The van der Waals surface area contributed by atoms with E-state index in [-0.39, 0.29) is 11.3 Å². The van der Waals surface area contributed by atoms with Gasteiger partial charge in [-0.25, -0.2) is 0 Å². The van der Waals surface area contributed by atoms with Gasteiger partial charge in [0.15, 0.2) is 0 Å². The van der Waals surface area contributed by atoms with E-state index in [9.17, 15) is 0 Å². The maximum absolute atomic E-state index is 5.37. The highest BCUT2D eigenvalue weighted by atomic mass is 32.1. The number of hydrogen-bond acceptors (Lipinski definition) is 5. The van der Waals surface area contributed by atoms with Gasteiger partial charge in [0.1, 0.15) is 23.4 Å². The van der Waals surface area contributed by atoms with E-state index in [1.54, 1.807) is 38.5 Å². The third-order valence-electron chi connectivity index (χ3n) is 2.60. The lowest BCUT2D eigenvalue weighted by Crippen LogP contribution is -2.26. The molecular formula is C13H14O4S. The molecule has 1 aromatic carbocycles. The van der Waals surface area contributed by atoms with Crippen molar-refractivity contribution in [2.45, 2.75) is 12.5 Å². The van der Waals surface area contributed by atoms with Gasteiger partial charge in [-0.1, -0.05) is 0 Å². The van der Waals surface area contributed by atoms with Crippen LogP contribution < -0.4 is 9.47 Å². The molecule has 0 N–H and O–H groups in total. The monoisotopic (exact) mass is 266 g/mol. The van der Waals surface area contributed by atoms with Crippen molar-refractivity contribution in [1.29, 1.82) is 0 Å². The van der Waals surface area contributed by atoms with Gasteiger partial charge < -0.3 is 18.9 Å². The highest BCUT2D eigenvalue weighted by molar-refractivity contribution is 7.79. The van der Waals surface area contributed by atoms with E-state index in [4.69, 9.17) is 31.2 Å². The summed E-state index contributed by atoms with van der Waals surface area (Å²) in [6, 6.07) is 7.10. The van der Waals surface area contributed by atoms with Gasteiger partial charge in [0.05, 0.1) is 7.11 Å². The van der Waals surface area contributed by atoms with Crippen molar-refractivity contribution in [1.82, 2.24) is 0 Å². The first-order chi connectivity index (χ1) is 8.72. The molecule has 0 aliphatic heterocycles. The molecule has 1 aliphatic carbocycles. The van der Waals surface area contributed by atoms with Crippen molar-refractivity contribution in [3.63, 3.8) is 0 Å². The van der Waals surface area contributed by atoms with E-state index in [1.807, 2.05) is 6.08 Å². The first kappa shape index (κ1) is 12.9. The summed E-state index contributed by atoms with van der Waals surface area (Å²) in [5.41, 5.74) is 0. The van der Waals surface area contributed by atoms with Crippen molar-refractivity contribution in [3.05, 3.63) is 36.1 Å². The highest BCUT2D eigenvalue weighted by Crippen LogP contribution is 2.24. The largest absolute Gasteiger partial charge is 0.497 e. The first-order valence-electron chi connectivity index (χ1n) is 5.49. The summed E-state index contributed by atoms with van der Waals surface area (Å²) in [7, 11) is 3.24. The number of ether oxygens (including phenoxy) is 4. The molecule has 0 heterocycles. The Morgan fingerprint density at radius 2 is 1.78 bits per heavy atom. The molecule has 0 radical (unpaired) electrons. The minimum atomic E-state index is -0.0117. The summed E-state index contributed by atoms with van der Waals surface area (Å²) in [5, 5.41) is 0.0631. The van der Waals surface area contributed by atoms with Crippen LogP contribution in [0.3, 0.4) is 0 Å². The molecule has 0 amide bonds. The topological polar surface area (TPSA) is 36.9 Å². The molecule has 5 heteroatoms. The van der Waals surface area contributed by atoms with Crippen LogP contribution in [0, 0.1) is 0 Å². The van der Waals surface area contributed by atoms with Crippen LogP contribution in [0.25, 0.3) is 0 Å². The smallest absolute Gasteiger partial charge is 0.363 e. The highest BCUT2D eigenvalue weighted by Gasteiger charge is 2.24. The molecule has 0 fully saturated rings. The predicted molar refractivity (Wildman–Crippen MR) is 70.8 cm³/mol. The lowest BCUT2D eigenvalue weighted by atomic mass is 10.1. The Bertz CT molecular complexity index is 453. The maximum atomic E-state index is 5.37. The molecular weight excluding hydrogens is 252 g/mol. The fraction of sp³-hybridized carbons (Fsp3) is 0.308. The molecule has 0 saturated heterocycles. The van der Waals surface area contributed by atoms with Gasteiger partial charge in [0, 0.05) is 25.7 Å². The van der Waals surface area contributed by atoms with Gasteiger partial charge in [0.25, 0.3) is 0 Å². The Balaban J connectivity index is 1.87. The number of thiocarbonyl (C=S) groups is 1. The van der Waals surface area contributed by atoms with E-state index in [2.05, 4.69) is 0 Å². The van der Waals surface area contributed by atoms with Crippen molar-refractivity contribution in [2.75, 3.05) is 14.2 Å². The van der Waals surface area contributed by atoms with Crippen LogP contribution in [0.4, 0.5) is 0 Å². The fourth-order valence-electron chi connectivity index (χ4n) is 1.49. The van der Waals surface area contributed by atoms with E-state index < -0.39 is 0 Å². The summed E-state index contributed by atoms with van der Waals surface area (Å²) < 4.78 is 20.9. The third-order valence-corrected chi connectivity index (χ3v) is 2.76. The standard InChI is InChI=1S/C13H14O4S/c1-14-9-3-5-10(6-4-9)16-13(18)17-12-8-7-11(12)15-2/h3-6,8,11H,7H2,1-2H3/t11-/m1/s1. The van der Waals surface area contributed by atoms with E-state index in [0.717, 1.165) is 12.2 Å². The molecule has 0 aromatic heterocycles. The Labute approximate surface area is 111 Å². The Morgan fingerprint density at radius 3 is 2.28 bits per heavy atom. The average Bonchev–Trinajstić information content (AvgIpc) is 2.36. The predicted octanol–water partition coefficient (Wildman–Crippen LogP) is 2.68. The van der Waals surface area contributed by atoms with Gasteiger partial charge in [-0.05, 0) is 30.3 Å². The minimum Gasteiger partial charge on any atom is -0.497 e. The second-order valence-electron chi connectivity index (χ2n) is 3.70. The zero-order valence-corrected chi connectivity index (χ0v) is 11.0. The Hall–Kier alpha value is -1.59. The SMILES string of the molecule is COc1ccc(OC(=S)OC2=CC[C@H]2OC)cc1. The summed E-state index contributed by atoms with van der Waals surface area (Å²) in [5.74, 6) is 2.07. The molecule has 2 rings (SSSR count). The molecule has 1 aliphatic rings. The van der Waals surface area contributed by atoms with Crippen LogP contribution in [-0.4, -0.2) is 25.6 Å². The Morgan fingerprint density at radius 1 is 1.11 bits per heavy atom. The van der Waals surface area contributed by atoms with E-state index in [1.165, 1.54) is 0 Å². The van der Waals surface area contributed by atoms with Crippen LogP contribution in [-0.2, 0) is 9.47 Å². The number of rotatable bonds is 4. The molecule has 0 spiro atoms.